The van der Waals surface area contributed by atoms with Crippen molar-refractivity contribution < 1.29 is 17.6 Å². The number of aromatic nitrogens is 1. The lowest BCUT2D eigenvalue weighted by atomic mass is 10.0. The van der Waals surface area contributed by atoms with Gasteiger partial charge in [-0.25, -0.2) is 12.8 Å². The highest BCUT2D eigenvalue weighted by atomic mass is 32.2. The summed E-state index contributed by atoms with van der Waals surface area (Å²) < 4.78 is 40.2. The van der Waals surface area contributed by atoms with E-state index in [1.807, 2.05) is 0 Å². The van der Waals surface area contributed by atoms with Crippen molar-refractivity contribution in [2.45, 2.75) is 31.3 Å². The number of nitrogens with zero attached hydrogens (tertiary/aromatic N) is 1. The van der Waals surface area contributed by atoms with Gasteiger partial charge in [-0.15, -0.1) is 0 Å². The van der Waals surface area contributed by atoms with Crippen LogP contribution < -0.4 is 10.0 Å². The van der Waals surface area contributed by atoms with Crippen LogP contribution in [-0.2, 0) is 21.4 Å². The molecule has 1 aromatic heterocycles. The van der Waals surface area contributed by atoms with Gasteiger partial charge in [0.25, 0.3) is 0 Å². The van der Waals surface area contributed by atoms with E-state index < -0.39 is 27.8 Å². The molecule has 1 heterocycles. The minimum Gasteiger partial charge on any atom is -0.351 e. The van der Waals surface area contributed by atoms with Crippen molar-refractivity contribution >= 4 is 15.9 Å². The van der Waals surface area contributed by atoms with Crippen LogP contribution in [0.25, 0.3) is 0 Å². The Balaban J connectivity index is 2.09. The molecule has 0 saturated carbocycles. The van der Waals surface area contributed by atoms with Crippen molar-refractivity contribution in [1.82, 2.24) is 15.0 Å². The SMILES string of the molecule is CC(C)[C@@H](NS(=O)(=O)c1ccc(F)cc1)C(=O)NCc1cccnc1. The normalized spacial score (nSPS) is 12.8. The lowest BCUT2D eigenvalue weighted by Gasteiger charge is -2.21. The second kappa shape index (κ2) is 8.17. The second-order valence-electron chi connectivity index (χ2n) is 5.88. The molecule has 0 aliphatic rings. The van der Waals surface area contributed by atoms with Crippen LogP contribution in [0, 0.1) is 11.7 Å². The van der Waals surface area contributed by atoms with Crippen LogP contribution in [0.2, 0.25) is 0 Å². The van der Waals surface area contributed by atoms with Crippen molar-refractivity contribution in [1.29, 1.82) is 0 Å². The molecule has 0 aliphatic carbocycles. The maximum absolute atomic E-state index is 13.0. The van der Waals surface area contributed by atoms with Gasteiger partial charge in [-0.1, -0.05) is 19.9 Å². The van der Waals surface area contributed by atoms with Gasteiger partial charge in [0.15, 0.2) is 0 Å². The van der Waals surface area contributed by atoms with E-state index >= 15 is 0 Å². The Labute approximate surface area is 146 Å². The smallest absolute Gasteiger partial charge is 0.241 e. The van der Waals surface area contributed by atoms with E-state index in [-0.39, 0.29) is 17.4 Å². The quantitative estimate of drug-likeness (QED) is 0.784. The zero-order valence-corrected chi connectivity index (χ0v) is 14.8. The molecule has 2 aromatic rings. The monoisotopic (exact) mass is 365 g/mol. The lowest BCUT2D eigenvalue weighted by molar-refractivity contribution is -0.123. The molecule has 0 saturated heterocycles. The molecule has 25 heavy (non-hydrogen) atoms. The van der Waals surface area contributed by atoms with Crippen molar-refractivity contribution in [3.63, 3.8) is 0 Å². The average molecular weight is 365 g/mol. The predicted octanol–water partition coefficient (Wildman–Crippen LogP) is 1.84. The summed E-state index contributed by atoms with van der Waals surface area (Å²) in [5.74, 6) is -1.25. The maximum Gasteiger partial charge on any atom is 0.241 e. The molecular formula is C17H20FN3O3S. The first-order chi connectivity index (χ1) is 11.8. The van der Waals surface area contributed by atoms with Crippen LogP contribution in [0.4, 0.5) is 4.39 Å². The van der Waals surface area contributed by atoms with Crippen molar-refractivity contribution in [3.8, 4) is 0 Å². The van der Waals surface area contributed by atoms with Gasteiger partial charge in [0, 0.05) is 18.9 Å². The number of amides is 1. The lowest BCUT2D eigenvalue weighted by Crippen LogP contribution is -2.49. The summed E-state index contributed by atoms with van der Waals surface area (Å²) in [6.07, 6.45) is 3.24. The van der Waals surface area contributed by atoms with Gasteiger partial charge >= 0.3 is 0 Å². The first-order valence-corrected chi connectivity index (χ1v) is 9.22. The molecule has 0 unspecified atom stereocenters. The molecular weight excluding hydrogens is 345 g/mol. The number of hydrogen-bond acceptors (Lipinski definition) is 4. The molecule has 0 aliphatic heterocycles. The summed E-state index contributed by atoms with van der Waals surface area (Å²) in [5, 5.41) is 2.70. The molecule has 0 fully saturated rings. The number of hydrogen-bond donors (Lipinski definition) is 2. The topological polar surface area (TPSA) is 88.2 Å². The third-order valence-corrected chi connectivity index (χ3v) is 5.00. The van der Waals surface area contributed by atoms with E-state index in [9.17, 15) is 17.6 Å². The van der Waals surface area contributed by atoms with E-state index in [1.165, 1.54) is 0 Å². The van der Waals surface area contributed by atoms with E-state index in [0.717, 1.165) is 29.8 Å². The molecule has 0 spiro atoms. The van der Waals surface area contributed by atoms with Gasteiger partial charge in [-0.05, 0) is 41.8 Å². The average Bonchev–Trinajstić information content (AvgIpc) is 2.58. The highest BCUT2D eigenvalue weighted by Gasteiger charge is 2.28. The van der Waals surface area contributed by atoms with Gasteiger partial charge in [-0.3, -0.25) is 9.78 Å². The number of carbonyl (C=O) groups is 1. The largest absolute Gasteiger partial charge is 0.351 e. The minimum absolute atomic E-state index is 0.0976. The van der Waals surface area contributed by atoms with Crippen molar-refractivity contribution in [3.05, 3.63) is 60.2 Å². The molecule has 1 amide bonds. The molecule has 2 rings (SSSR count). The number of benzene rings is 1. The molecule has 6 nitrogen and oxygen atoms in total. The van der Waals surface area contributed by atoms with Crippen LogP contribution in [0.5, 0.6) is 0 Å². The highest BCUT2D eigenvalue weighted by molar-refractivity contribution is 7.89. The number of nitrogens with one attached hydrogen (secondary N) is 2. The number of pyridine rings is 1. The van der Waals surface area contributed by atoms with Crippen molar-refractivity contribution in [2.75, 3.05) is 0 Å². The third kappa shape index (κ3) is 5.33. The van der Waals surface area contributed by atoms with Crippen molar-refractivity contribution in [2.24, 2.45) is 5.92 Å². The van der Waals surface area contributed by atoms with Crippen LogP contribution in [0.15, 0.2) is 53.7 Å². The molecule has 8 heteroatoms. The number of halogens is 1. The van der Waals surface area contributed by atoms with Gasteiger partial charge in [-0.2, -0.15) is 4.72 Å². The van der Waals surface area contributed by atoms with E-state index in [0.29, 0.717) is 0 Å². The third-order valence-electron chi connectivity index (χ3n) is 3.54. The standard InChI is InChI=1S/C17H20FN3O3S/c1-12(2)16(17(22)20-11-13-4-3-9-19-10-13)21-25(23,24)15-7-5-14(18)6-8-15/h3-10,12,16,21H,11H2,1-2H3,(H,20,22)/t16-/m1/s1. The Kier molecular flexibility index (Phi) is 6.22. The molecule has 1 atom stereocenters. The molecule has 0 radical (unpaired) electrons. The molecule has 2 N–H and O–H groups in total. The second-order valence-corrected chi connectivity index (χ2v) is 7.59. The van der Waals surface area contributed by atoms with Gasteiger partial charge in [0.1, 0.15) is 11.9 Å². The zero-order chi connectivity index (χ0) is 18.4. The van der Waals surface area contributed by atoms with Crippen LogP contribution >= 0.6 is 0 Å². The Bertz CT molecular complexity index is 809. The Morgan fingerprint density at radius 2 is 1.88 bits per heavy atom. The molecule has 1 aromatic carbocycles. The minimum atomic E-state index is -3.94. The Morgan fingerprint density at radius 3 is 2.44 bits per heavy atom. The van der Waals surface area contributed by atoms with Gasteiger partial charge < -0.3 is 5.32 Å². The fourth-order valence-corrected chi connectivity index (χ4v) is 3.49. The molecule has 0 bridgehead atoms. The van der Waals surface area contributed by atoms with Crippen LogP contribution in [0.1, 0.15) is 19.4 Å². The van der Waals surface area contributed by atoms with Gasteiger partial charge in [0.2, 0.25) is 15.9 Å². The van der Waals surface area contributed by atoms with E-state index in [1.54, 1.807) is 38.4 Å². The van der Waals surface area contributed by atoms with Gasteiger partial charge in [0.05, 0.1) is 4.90 Å². The first-order valence-electron chi connectivity index (χ1n) is 7.74. The van der Waals surface area contributed by atoms with E-state index in [4.69, 9.17) is 0 Å². The fourth-order valence-electron chi connectivity index (χ4n) is 2.14. The summed E-state index contributed by atoms with van der Waals surface area (Å²) in [6, 6.07) is 7.03. The highest BCUT2D eigenvalue weighted by Crippen LogP contribution is 2.13. The summed E-state index contributed by atoms with van der Waals surface area (Å²) >= 11 is 0. The number of sulfonamides is 1. The van der Waals surface area contributed by atoms with Crippen LogP contribution in [0.3, 0.4) is 0 Å². The summed E-state index contributed by atoms with van der Waals surface area (Å²) in [5.41, 5.74) is 0.805. The number of carbonyl (C=O) groups excluding carboxylic acids is 1. The zero-order valence-electron chi connectivity index (χ0n) is 13.9. The Hall–Kier alpha value is -2.32. The Morgan fingerprint density at radius 1 is 1.20 bits per heavy atom. The summed E-state index contributed by atoms with van der Waals surface area (Å²) in [7, 11) is -3.94. The maximum atomic E-state index is 13.0. The van der Waals surface area contributed by atoms with E-state index in [2.05, 4.69) is 15.0 Å². The fraction of sp³-hybridized carbons (Fsp3) is 0.294. The predicted molar refractivity (Wildman–Crippen MR) is 91.4 cm³/mol. The summed E-state index contributed by atoms with van der Waals surface area (Å²) in [4.78, 5) is 16.3. The number of rotatable bonds is 7. The first kappa shape index (κ1) is 19.0. The summed E-state index contributed by atoms with van der Waals surface area (Å²) in [6.45, 7) is 3.72. The van der Waals surface area contributed by atoms with Crippen LogP contribution in [-0.4, -0.2) is 25.4 Å². The molecule has 134 valence electrons.